The molecular formula is C17H19FN4. The number of nitrogen functional groups attached to an aromatic ring is 1. The van der Waals surface area contributed by atoms with Gasteiger partial charge in [0.15, 0.2) is 0 Å². The Bertz CT molecular complexity index is 790. The first-order valence-electron chi connectivity index (χ1n) is 7.21. The van der Waals surface area contributed by atoms with E-state index in [9.17, 15) is 4.39 Å². The van der Waals surface area contributed by atoms with E-state index in [-0.39, 0.29) is 5.82 Å². The number of benzene rings is 2. The first kappa shape index (κ1) is 14.5. The molecule has 3 rings (SSSR count). The van der Waals surface area contributed by atoms with Crippen LogP contribution in [-0.4, -0.2) is 35.1 Å². The van der Waals surface area contributed by atoms with Crippen LogP contribution in [0.3, 0.4) is 0 Å². The molecule has 1 aromatic heterocycles. The quantitative estimate of drug-likeness (QED) is 0.753. The Balaban J connectivity index is 2.14. The fraction of sp³-hybridized carbons (Fsp3) is 0.235. The van der Waals surface area contributed by atoms with E-state index < -0.39 is 0 Å². The van der Waals surface area contributed by atoms with Crippen LogP contribution in [0.15, 0.2) is 42.5 Å². The Kier molecular flexibility index (Phi) is 3.81. The zero-order valence-electron chi connectivity index (χ0n) is 12.8. The van der Waals surface area contributed by atoms with Gasteiger partial charge in [0.2, 0.25) is 0 Å². The van der Waals surface area contributed by atoms with E-state index in [1.54, 1.807) is 6.07 Å². The van der Waals surface area contributed by atoms with E-state index in [1.165, 1.54) is 12.1 Å². The molecule has 2 aromatic carbocycles. The largest absolute Gasteiger partial charge is 0.399 e. The Morgan fingerprint density at radius 1 is 1.14 bits per heavy atom. The van der Waals surface area contributed by atoms with E-state index >= 15 is 0 Å². The summed E-state index contributed by atoms with van der Waals surface area (Å²) in [6.07, 6.45) is 0. The standard InChI is InChI=1S/C17H19FN4/c1-21(2)9-10-22-16-8-5-13(18)11-15(16)20-17(22)12-3-6-14(19)7-4-12/h3-8,11H,9-10,19H2,1-2H3. The molecule has 3 aromatic rings. The first-order chi connectivity index (χ1) is 10.5. The van der Waals surface area contributed by atoms with Gasteiger partial charge in [-0.25, -0.2) is 9.37 Å². The molecule has 114 valence electrons. The van der Waals surface area contributed by atoms with E-state index in [1.807, 2.05) is 38.4 Å². The molecule has 0 bridgehead atoms. The van der Waals surface area contributed by atoms with Crippen molar-refractivity contribution in [1.82, 2.24) is 14.5 Å². The maximum absolute atomic E-state index is 13.5. The van der Waals surface area contributed by atoms with Crippen molar-refractivity contribution < 1.29 is 4.39 Å². The van der Waals surface area contributed by atoms with E-state index in [0.717, 1.165) is 30.0 Å². The normalized spacial score (nSPS) is 11.5. The van der Waals surface area contributed by atoms with Gasteiger partial charge < -0.3 is 15.2 Å². The van der Waals surface area contributed by atoms with Gasteiger partial charge in [0.05, 0.1) is 11.0 Å². The second-order valence-corrected chi connectivity index (χ2v) is 5.65. The lowest BCUT2D eigenvalue weighted by molar-refractivity contribution is 0.387. The van der Waals surface area contributed by atoms with Crippen LogP contribution in [0.4, 0.5) is 10.1 Å². The monoisotopic (exact) mass is 298 g/mol. The summed E-state index contributed by atoms with van der Waals surface area (Å²) in [5.74, 6) is 0.566. The molecule has 1 heterocycles. The van der Waals surface area contributed by atoms with Crippen LogP contribution in [0.2, 0.25) is 0 Å². The van der Waals surface area contributed by atoms with Gasteiger partial charge in [0.1, 0.15) is 11.6 Å². The minimum absolute atomic E-state index is 0.270. The molecule has 22 heavy (non-hydrogen) atoms. The van der Waals surface area contributed by atoms with Crippen molar-refractivity contribution in [3.63, 3.8) is 0 Å². The van der Waals surface area contributed by atoms with Gasteiger partial charge in [-0.15, -0.1) is 0 Å². The number of fused-ring (bicyclic) bond motifs is 1. The van der Waals surface area contributed by atoms with Crippen LogP contribution in [0.25, 0.3) is 22.4 Å². The van der Waals surface area contributed by atoms with Crippen LogP contribution in [0.1, 0.15) is 0 Å². The molecule has 0 spiro atoms. The second-order valence-electron chi connectivity index (χ2n) is 5.65. The highest BCUT2D eigenvalue weighted by Gasteiger charge is 2.13. The van der Waals surface area contributed by atoms with Gasteiger partial charge >= 0.3 is 0 Å². The van der Waals surface area contributed by atoms with Crippen molar-refractivity contribution in [1.29, 1.82) is 0 Å². The molecule has 0 saturated heterocycles. The molecule has 0 atom stereocenters. The number of rotatable bonds is 4. The Hall–Kier alpha value is -2.40. The SMILES string of the molecule is CN(C)CCn1c(-c2ccc(N)cc2)nc2cc(F)ccc21. The number of aromatic nitrogens is 2. The van der Waals surface area contributed by atoms with Gasteiger partial charge in [-0.05, 0) is 50.5 Å². The molecule has 0 amide bonds. The van der Waals surface area contributed by atoms with Gasteiger partial charge in [-0.1, -0.05) is 0 Å². The average molecular weight is 298 g/mol. The summed E-state index contributed by atoms with van der Waals surface area (Å²) >= 11 is 0. The molecule has 4 nitrogen and oxygen atoms in total. The number of nitrogens with zero attached hydrogens (tertiary/aromatic N) is 3. The van der Waals surface area contributed by atoms with E-state index in [4.69, 9.17) is 5.73 Å². The molecule has 2 N–H and O–H groups in total. The molecule has 0 saturated carbocycles. The highest BCUT2D eigenvalue weighted by Crippen LogP contribution is 2.26. The number of halogens is 1. The third kappa shape index (κ3) is 2.80. The van der Waals surface area contributed by atoms with E-state index in [2.05, 4.69) is 14.5 Å². The zero-order valence-corrected chi connectivity index (χ0v) is 12.8. The third-order valence-electron chi connectivity index (χ3n) is 3.65. The fourth-order valence-electron chi connectivity index (χ4n) is 2.48. The first-order valence-corrected chi connectivity index (χ1v) is 7.21. The summed E-state index contributed by atoms with van der Waals surface area (Å²) in [4.78, 5) is 6.73. The van der Waals surface area contributed by atoms with Crippen LogP contribution in [0.5, 0.6) is 0 Å². The highest BCUT2D eigenvalue weighted by atomic mass is 19.1. The summed E-state index contributed by atoms with van der Waals surface area (Å²) in [5, 5.41) is 0. The van der Waals surface area contributed by atoms with Crippen LogP contribution >= 0.6 is 0 Å². The average Bonchev–Trinajstić information content (AvgIpc) is 2.83. The van der Waals surface area contributed by atoms with Crippen molar-refractivity contribution in [3.8, 4) is 11.4 Å². The second kappa shape index (κ2) is 5.77. The number of hydrogen-bond acceptors (Lipinski definition) is 3. The number of imidazole rings is 1. The number of hydrogen-bond donors (Lipinski definition) is 1. The molecule has 0 aliphatic heterocycles. The molecule has 0 aliphatic rings. The molecule has 0 radical (unpaired) electrons. The van der Waals surface area contributed by atoms with Crippen molar-refractivity contribution in [2.75, 3.05) is 26.4 Å². The molecule has 0 fully saturated rings. The summed E-state index contributed by atoms with van der Waals surface area (Å²) in [6.45, 7) is 1.67. The molecule has 5 heteroatoms. The van der Waals surface area contributed by atoms with E-state index in [0.29, 0.717) is 11.2 Å². The number of nitrogens with two attached hydrogens (primary N) is 1. The zero-order chi connectivity index (χ0) is 15.7. The lowest BCUT2D eigenvalue weighted by atomic mass is 10.2. The smallest absolute Gasteiger partial charge is 0.141 e. The minimum Gasteiger partial charge on any atom is -0.399 e. The van der Waals surface area contributed by atoms with Crippen LogP contribution < -0.4 is 5.73 Å². The van der Waals surface area contributed by atoms with Gasteiger partial charge in [0, 0.05) is 30.4 Å². The molecule has 0 unspecified atom stereocenters. The number of anilines is 1. The van der Waals surface area contributed by atoms with Crippen molar-refractivity contribution in [2.45, 2.75) is 6.54 Å². The maximum atomic E-state index is 13.5. The Labute approximate surface area is 129 Å². The summed E-state index contributed by atoms with van der Waals surface area (Å²) in [6, 6.07) is 12.3. The van der Waals surface area contributed by atoms with Gasteiger partial charge in [-0.2, -0.15) is 0 Å². The molecule has 0 aliphatic carbocycles. The summed E-state index contributed by atoms with van der Waals surface area (Å²) < 4.78 is 15.6. The Morgan fingerprint density at radius 2 is 1.86 bits per heavy atom. The molecular weight excluding hydrogens is 279 g/mol. The van der Waals surface area contributed by atoms with Crippen LogP contribution in [0, 0.1) is 5.82 Å². The van der Waals surface area contributed by atoms with Crippen LogP contribution in [-0.2, 0) is 6.54 Å². The minimum atomic E-state index is -0.270. The van der Waals surface area contributed by atoms with Gasteiger partial charge in [0.25, 0.3) is 0 Å². The summed E-state index contributed by atoms with van der Waals surface area (Å²) in [5.41, 5.74) is 9.05. The lowest BCUT2D eigenvalue weighted by Crippen LogP contribution is -2.18. The Morgan fingerprint density at radius 3 is 2.55 bits per heavy atom. The summed E-state index contributed by atoms with van der Waals surface area (Å²) in [7, 11) is 4.06. The predicted molar refractivity (Wildman–Crippen MR) is 88.1 cm³/mol. The number of likely N-dealkylation sites (N-methyl/N-ethyl adjacent to an activating group) is 1. The van der Waals surface area contributed by atoms with Crippen molar-refractivity contribution >= 4 is 16.7 Å². The maximum Gasteiger partial charge on any atom is 0.141 e. The predicted octanol–water partition coefficient (Wildman–Crippen LogP) is 2.99. The highest BCUT2D eigenvalue weighted by molar-refractivity contribution is 5.81. The fourth-order valence-corrected chi connectivity index (χ4v) is 2.48. The van der Waals surface area contributed by atoms with Crippen molar-refractivity contribution in [3.05, 3.63) is 48.3 Å². The topological polar surface area (TPSA) is 47.1 Å². The lowest BCUT2D eigenvalue weighted by Gasteiger charge is -2.13. The third-order valence-corrected chi connectivity index (χ3v) is 3.65. The van der Waals surface area contributed by atoms with Crippen molar-refractivity contribution in [2.24, 2.45) is 0 Å². The van der Waals surface area contributed by atoms with Gasteiger partial charge in [-0.3, -0.25) is 0 Å².